The molecule has 0 radical (unpaired) electrons. The standard InChI is InChI=1S/C17H17Cl2FO/c1-21-16-6-2-12(3-7-16)8-13(11-18)9-14-4-5-15(19)10-17(14)20/h2-7,10,13H,8-9,11H2,1H3. The molecule has 4 heteroatoms. The summed E-state index contributed by atoms with van der Waals surface area (Å²) in [6, 6.07) is 12.6. The molecule has 0 spiro atoms. The molecule has 112 valence electrons. The van der Waals surface area contributed by atoms with E-state index < -0.39 is 0 Å². The number of benzene rings is 2. The van der Waals surface area contributed by atoms with Gasteiger partial charge >= 0.3 is 0 Å². The highest BCUT2D eigenvalue weighted by Crippen LogP contribution is 2.22. The Bertz CT molecular complexity index is 584. The van der Waals surface area contributed by atoms with Crippen molar-refractivity contribution in [2.45, 2.75) is 12.8 Å². The third-order valence-corrected chi connectivity index (χ3v) is 4.10. The largest absolute Gasteiger partial charge is 0.497 e. The SMILES string of the molecule is COc1ccc(CC(CCl)Cc2ccc(Cl)cc2F)cc1. The van der Waals surface area contributed by atoms with E-state index in [4.69, 9.17) is 27.9 Å². The number of hydrogen-bond donors (Lipinski definition) is 0. The molecule has 2 rings (SSSR count). The normalized spacial score (nSPS) is 12.2. The summed E-state index contributed by atoms with van der Waals surface area (Å²) >= 11 is 11.8. The van der Waals surface area contributed by atoms with Gasteiger partial charge in [-0.1, -0.05) is 29.8 Å². The molecule has 2 aromatic rings. The van der Waals surface area contributed by atoms with Crippen LogP contribution in [0.5, 0.6) is 5.75 Å². The minimum absolute atomic E-state index is 0.177. The second-order valence-corrected chi connectivity index (χ2v) is 5.76. The molecule has 21 heavy (non-hydrogen) atoms. The van der Waals surface area contributed by atoms with E-state index in [1.165, 1.54) is 6.07 Å². The Labute approximate surface area is 134 Å². The summed E-state index contributed by atoms with van der Waals surface area (Å²) in [7, 11) is 1.64. The van der Waals surface area contributed by atoms with Crippen molar-refractivity contribution in [2.75, 3.05) is 13.0 Å². The molecule has 0 saturated carbocycles. The molecular weight excluding hydrogens is 310 g/mol. The van der Waals surface area contributed by atoms with Crippen molar-refractivity contribution in [1.29, 1.82) is 0 Å². The van der Waals surface area contributed by atoms with Crippen LogP contribution in [-0.2, 0) is 12.8 Å². The number of rotatable bonds is 6. The topological polar surface area (TPSA) is 9.23 Å². The lowest BCUT2D eigenvalue weighted by Crippen LogP contribution is -2.11. The van der Waals surface area contributed by atoms with Crippen LogP contribution in [-0.4, -0.2) is 13.0 Å². The Morgan fingerprint density at radius 2 is 1.81 bits per heavy atom. The lowest BCUT2D eigenvalue weighted by molar-refractivity contribution is 0.414. The van der Waals surface area contributed by atoms with Gasteiger partial charge in [-0.3, -0.25) is 0 Å². The number of methoxy groups -OCH3 is 1. The molecule has 0 aliphatic heterocycles. The summed E-state index contributed by atoms with van der Waals surface area (Å²) in [5, 5.41) is 0.411. The zero-order valence-electron chi connectivity index (χ0n) is 11.8. The van der Waals surface area contributed by atoms with E-state index in [0.29, 0.717) is 22.9 Å². The van der Waals surface area contributed by atoms with Crippen LogP contribution in [0.1, 0.15) is 11.1 Å². The Morgan fingerprint density at radius 1 is 1.10 bits per heavy atom. The quantitative estimate of drug-likeness (QED) is 0.669. The third-order valence-electron chi connectivity index (χ3n) is 3.43. The van der Waals surface area contributed by atoms with Gasteiger partial charge in [0, 0.05) is 10.9 Å². The van der Waals surface area contributed by atoms with Gasteiger partial charge in [0.05, 0.1) is 7.11 Å². The summed E-state index contributed by atoms with van der Waals surface area (Å²) in [6.45, 7) is 0. The molecule has 0 N–H and O–H groups in total. The Kier molecular flexibility index (Phi) is 5.89. The smallest absolute Gasteiger partial charge is 0.127 e. The maximum atomic E-state index is 13.8. The second kappa shape index (κ2) is 7.67. The van der Waals surface area contributed by atoms with Crippen molar-refractivity contribution in [3.05, 3.63) is 64.4 Å². The number of hydrogen-bond acceptors (Lipinski definition) is 1. The molecule has 1 atom stereocenters. The molecule has 0 saturated heterocycles. The van der Waals surface area contributed by atoms with Gasteiger partial charge in [-0.2, -0.15) is 0 Å². The van der Waals surface area contributed by atoms with Crippen molar-refractivity contribution >= 4 is 23.2 Å². The molecule has 0 bridgehead atoms. The van der Waals surface area contributed by atoms with Crippen molar-refractivity contribution in [3.63, 3.8) is 0 Å². The Morgan fingerprint density at radius 3 is 2.38 bits per heavy atom. The third kappa shape index (κ3) is 4.62. The van der Waals surface area contributed by atoms with Crippen LogP contribution in [0, 0.1) is 11.7 Å². The predicted octanol–water partition coefficient (Wildman–Crippen LogP) is 5.13. The van der Waals surface area contributed by atoms with Crippen LogP contribution in [0.3, 0.4) is 0 Å². The second-order valence-electron chi connectivity index (χ2n) is 5.01. The van der Waals surface area contributed by atoms with Crippen molar-refractivity contribution in [3.8, 4) is 5.75 Å². The monoisotopic (exact) mass is 326 g/mol. The molecule has 1 nitrogen and oxygen atoms in total. The van der Waals surface area contributed by atoms with Crippen LogP contribution in [0.15, 0.2) is 42.5 Å². The molecule has 0 fully saturated rings. The summed E-state index contributed by atoms with van der Waals surface area (Å²) < 4.78 is 19.0. The average Bonchev–Trinajstić information content (AvgIpc) is 2.49. The molecular formula is C17H17Cl2FO. The van der Waals surface area contributed by atoms with Crippen molar-refractivity contribution < 1.29 is 9.13 Å². The first kappa shape index (κ1) is 16.1. The maximum Gasteiger partial charge on any atom is 0.127 e. The highest BCUT2D eigenvalue weighted by Gasteiger charge is 2.13. The first-order chi connectivity index (χ1) is 10.1. The molecule has 0 heterocycles. The number of ether oxygens (including phenoxy) is 1. The Balaban J connectivity index is 2.05. The van der Waals surface area contributed by atoms with Crippen LogP contribution in [0.25, 0.3) is 0 Å². The van der Waals surface area contributed by atoms with Gasteiger partial charge in [-0.15, -0.1) is 11.6 Å². The zero-order chi connectivity index (χ0) is 15.2. The average molecular weight is 327 g/mol. The van der Waals surface area contributed by atoms with Crippen LogP contribution >= 0.6 is 23.2 Å². The molecule has 0 aliphatic carbocycles. The van der Waals surface area contributed by atoms with Crippen molar-refractivity contribution in [2.24, 2.45) is 5.92 Å². The van der Waals surface area contributed by atoms with E-state index in [-0.39, 0.29) is 11.7 Å². The van der Waals surface area contributed by atoms with E-state index in [1.807, 2.05) is 24.3 Å². The lowest BCUT2D eigenvalue weighted by atomic mass is 9.94. The van der Waals surface area contributed by atoms with Gasteiger partial charge in [-0.05, 0) is 54.2 Å². The van der Waals surface area contributed by atoms with E-state index in [0.717, 1.165) is 17.7 Å². The first-order valence-corrected chi connectivity index (χ1v) is 7.66. The molecule has 0 amide bonds. The number of alkyl halides is 1. The Hall–Kier alpha value is -1.25. The van der Waals surface area contributed by atoms with E-state index in [1.54, 1.807) is 19.2 Å². The summed E-state index contributed by atoms with van der Waals surface area (Å²) in [6.07, 6.45) is 1.40. The fourth-order valence-corrected chi connectivity index (χ4v) is 2.65. The van der Waals surface area contributed by atoms with Gasteiger partial charge in [0.15, 0.2) is 0 Å². The van der Waals surface area contributed by atoms with Crippen LogP contribution in [0.4, 0.5) is 4.39 Å². The molecule has 0 aliphatic rings. The highest BCUT2D eigenvalue weighted by atomic mass is 35.5. The van der Waals surface area contributed by atoms with Gasteiger partial charge in [0.2, 0.25) is 0 Å². The van der Waals surface area contributed by atoms with Gasteiger partial charge in [0.25, 0.3) is 0 Å². The highest BCUT2D eigenvalue weighted by molar-refractivity contribution is 6.30. The summed E-state index contributed by atoms with van der Waals surface area (Å²) in [5.41, 5.74) is 1.81. The predicted molar refractivity (Wildman–Crippen MR) is 86.0 cm³/mol. The van der Waals surface area contributed by atoms with Gasteiger partial charge < -0.3 is 4.74 Å². The fraction of sp³-hybridized carbons (Fsp3) is 0.294. The number of halogens is 3. The first-order valence-electron chi connectivity index (χ1n) is 6.75. The van der Waals surface area contributed by atoms with Crippen molar-refractivity contribution in [1.82, 2.24) is 0 Å². The lowest BCUT2D eigenvalue weighted by Gasteiger charge is -2.15. The minimum Gasteiger partial charge on any atom is -0.497 e. The van der Waals surface area contributed by atoms with Crippen LogP contribution < -0.4 is 4.74 Å². The van der Waals surface area contributed by atoms with Gasteiger partial charge in [-0.25, -0.2) is 4.39 Å². The maximum absolute atomic E-state index is 13.8. The minimum atomic E-state index is -0.271. The molecule has 2 aromatic carbocycles. The summed E-state index contributed by atoms with van der Waals surface area (Å²) in [4.78, 5) is 0. The van der Waals surface area contributed by atoms with E-state index >= 15 is 0 Å². The zero-order valence-corrected chi connectivity index (χ0v) is 13.3. The van der Waals surface area contributed by atoms with Gasteiger partial charge in [0.1, 0.15) is 11.6 Å². The molecule has 0 aromatic heterocycles. The fourth-order valence-electron chi connectivity index (χ4n) is 2.27. The van der Waals surface area contributed by atoms with E-state index in [2.05, 4.69) is 0 Å². The molecule has 1 unspecified atom stereocenters. The van der Waals surface area contributed by atoms with E-state index in [9.17, 15) is 4.39 Å². The van der Waals surface area contributed by atoms with Crippen LogP contribution in [0.2, 0.25) is 5.02 Å². The summed E-state index contributed by atoms with van der Waals surface area (Å²) in [5.74, 6) is 1.21.